The lowest BCUT2D eigenvalue weighted by Gasteiger charge is -2.22. The Morgan fingerprint density at radius 2 is 1.59 bits per heavy atom. The molecule has 0 bridgehead atoms. The van der Waals surface area contributed by atoms with Gasteiger partial charge in [0.2, 0.25) is 5.95 Å². The van der Waals surface area contributed by atoms with Crippen molar-refractivity contribution in [2.24, 2.45) is 0 Å². The number of nitrogens with one attached hydrogen (secondary N) is 1. The molecule has 0 atom stereocenters. The molecule has 146 valence electrons. The summed E-state index contributed by atoms with van der Waals surface area (Å²) in [6.07, 6.45) is 0. The molecule has 0 saturated heterocycles. The lowest BCUT2D eigenvalue weighted by atomic mass is 10.1. The van der Waals surface area contributed by atoms with E-state index in [0.29, 0.717) is 11.0 Å². The fourth-order valence-electron chi connectivity index (χ4n) is 3.42. The third-order valence-electron chi connectivity index (χ3n) is 4.84. The number of benzene rings is 3. The monoisotopic (exact) mass is 402 g/mol. The standard InChI is InChI=1S/C24H23ClN4/c1-3-26-23-21-15-12-19(25)16-22(21)27-24(28-23)29(4-2)20-13-10-18(11-14-20)17-8-6-5-7-9-17/h5-16H,3-4H2,1-2H3,(H,26,27,28). The van der Waals surface area contributed by atoms with E-state index in [0.717, 1.165) is 35.5 Å². The summed E-state index contributed by atoms with van der Waals surface area (Å²) in [6.45, 7) is 5.70. The van der Waals surface area contributed by atoms with E-state index >= 15 is 0 Å². The van der Waals surface area contributed by atoms with E-state index in [-0.39, 0.29) is 0 Å². The Labute approximate surface area is 176 Å². The van der Waals surface area contributed by atoms with Crippen LogP contribution in [-0.2, 0) is 0 Å². The maximum atomic E-state index is 6.21. The Morgan fingerprint density at radius 1 is 0.862 bits per heavy atom. The molecule has 0 spiro atoms. The van der Waals surface area contributed by atoms with Crippen LogP contribution in [0.5, 0.6) is 0 Å². The lowest BCUT2D eigenvalue weighted by molar-refractivity contribution is 0.955. The summed E-state index contributed by atoms with van der Waals surface area (Å²) in [6, 6.07) is 24.6. The summed E-state index contributed by atoms with van der Waals surface area (Å²) >= 11 is 6.21. The molecule has 1 N–H and O–H groups in total. The first-order valence-electron chi connectivity index (χ1n) is 9.83. The van der Waals surface area contributed by atoms with Gasteiger partial charge in [-0.25, -0.2) is 4.98 Å². The molecule has 0 radical (unpaired) electrons. The number of aromatic nitrogens is 2. The van der Waals surface area contributed by atoms with Crippen LogP contribution >= 0.6 is 11.6 Å². The molecule has 0 amide bonds. The fourth-order valence-corrected chi connectivity index (χ4v) is 3.58. The highest BCUT2D eigenvalue weighted by atomic mass is 35.5. The Balaban J connectivity index is 1.74. The minimum atomic E-state index is 0.658. The van der Waals surface area contributed by atoms with Gasteiger partial charge in [0.1, 0.15) is 5.82 Å². The molecule has 0 fully saturated rings. The highest BCUT2D eigenvalue weighted by Gasteiger charge is 2.15. The average molecular weight is 403 g/mol. The quantitative estimate of drug-likeness (QED) is 0.397. The first-order valence-corrected chi connectivity index (χ1v) is 10.2. The van der Waals surface area contributed by atoms with Crippen LogP contribution in [0.1, 0.15) is 13.8 Å². The van der Waals surface area contributed by atoms with Crippen molar-refractivity contribution in [2.75, 3.05) is 23.3 Å². The zero-order valence-electron chi connectivity index (χ0n) is 16.6. The third kappa shape index (κ3) is 4.03. The van der Waals surface area contributed by atoms with Crippen molar-refractivity contribution < 1.29 is 0 Å². The minimum absolute atomic E-state index is 0.658. The molecule has 4 aromatic rings. The summed E-state index contributed by atoms with van der Waals surface area (Å²) in [7, 11) is 0. The van der Waals surface area contributed by atoms with Crippen LogP contribution in [0.4, 0.5) is 17.5 Å². The van der Waals surface area contributed by atoms with Gasteiger partial charge in [-0.15, -0.1) is 0 Å². The SMILES string of the molecule is CCNc1nc(N(CC)c2ccc(-c3ccccc3)cc2)nc2cc(Cl)ccc12. The Kier molecular flexibility index (Phi) is 5.63. The van der Waals surface area contributed by atoms with Crippen LogP contribution in [-0.4, -0.2) is 23.1 Å². The number of rotatable bonds is 6. The molecule has 0 aliphatic carbocycles. The summed E-state index contributed by atoms with van der Waals surface area (Å²) in [5.74, 6) is 1.48. The van der Waals surface area contributed by atoms with Crippen molar-refractivity contribution in [1.82, 2.24) is 9.97 Å². The molecule has 4 rings (SSSR count). The number of anilines is 3. The molecule has 3 aromatic carbocycles. The first kappa shape index (κ1) is 19.2. The van der Waals surface area contributed by atoms with Crippen LogP contribution in [0.25, 0.3) is 22.0 Å². The first-order chi connectivity index (χ1) is 14.2. The van der Waals surface area contributed by atoms with Gasteiger partial charge in [-0.1, -0.05) is 54.1 Å². The van der Waals surface area contributed by atoms with Crippen LogP contribution in [0, 0.1) is 0 Å². The minimum Gasteiger partial charge on any atom is -0.370 e. The molecular weight excluding hydrogens is 380 g/mol. The van der Waals surface area contributed by atoms with Crippen molar-refractivity contribution in [3.63, 3.8) is 0 Å². The Morgan fingerprint density at radius 3 is 2.28 bits per heavy atom. The van der Waals surface area contributed by atoms with Gasteiger partial charge >= 0.3 is 0 Å². The fraction of sp³-hybridized carbons (Fsp3) is 0.167. The van der Waals surface area contributed by atoms with Crippen LogP contribution in [0.3, 0.4) is 0 Å². The van der Waals surface area contributed by atoms with Crippen molar-refractivity contribution in [2.45, 2.75) is 13.8 Å². The second kappa shape index (κ2) is 8.50. The van der Waals surface area contributed by atoms with Crippen molar-refractivity contribution in [1.29, 1.82) is 0 Å². The normalized spacial score (nSPS) is 10.9. The second-order valence-electron chi connectivity index (χ2n) is 6.72. The van der Waals surface area contributed by atoms with Crippen molar-refractivity contribution in [3.05, 3.63) is 77.8 Å². The predicted octanol–water partition coefficient (Wildman–Crippen LogP) is 6.54. The van der Waals surface area contributed by atoms with E-state index in [1.54, 1.807) is 0 Å². The molecular formula is C24H23ClN4. The van der Waals surface area contributed by atoms with Gasteiger partial charge in [-0.05, 0) is 55.3 Å². The highest BCUT2D eigenvalue weighted by molar-refractivity contribution is 6.31. The Hall–Kier alpha value is -3.11. The van der Waals surface area contributed by atoms with Gasteiger partial charge in [0, 0.05) is 29.2 Å². The number of halogens is 1. The summed E-state index contributed by atoms with van der Waals surface area (Å²) < 4.78 is 0. The van der Waals surface area contributed by atoms with Crippen LogP contribution < -0.4 is 10.2 Å². The highest BCUT2D eigenvalue weighted by Crippen LogP contribution is 2.30. The van der Waals surface area contributed by atoms with E-state index in [4.69, 9.17) is 21.6 Å². The van der Waals surface area contributed by atoms with E-state index in [1.165, 1.54) is 11.1 Å². The predicted molar refractivity (Wildman–Crippen MR) is 123 cm³/mol. The zero-order valence-corrected chi connectivity index (χ0v) is 17.3. The van der Waals surface area contributed by atoms with Gasteiger partial charge in [-0.2, -0.15) is 4.98 Å². The van der Waals surface area contributed by atoms with E-state index in [9.17, 15) is 0 Å². The molecule has 0 saturated carbocycles. The second-order valence-corrected chi connectivity index (χ2v) is 7.16. The van der Waals surface area contributed by atoms with Crippen LogP contribution in [0.15, 0.2) is 72.8 Å². The molecule has 0 unspecified atom stereocenters. The van der Waals surface area contributed by atoms with Crippen LogP contribution in [0.2, 0.25) is 5.02 Å². The van der Waals surface area contributed by atoms with E-state index in [2.05, 4.69) is 72.6 Å². The zero-order chi connectivity index (χ0) is 20.2. The lowest BCUT2D eigenvalue weighted by Crippen LogP contribution is -2.19. The maximum Gasteiger partial charge on any atom is 0.232 e. The third-order valence-corrected chi connectivity index (χ3v) is 5.07. The summed E-state index contributed by atoms with van der Waals surface area (Å²) in [4.78, 5) is 11.7. The topological polar surface area (TPSA) is 41.1 Å². The van der Waals surface area contributed by atoms with E-state index < -0.39 is 0 Å². The smallest absolute Gasteiger partial charge is 0.232 e. The molecule has 1 heterocycles. The Bertz CT molecular complexity index is 1110. The van der Waals surface area contributed by atoms with E-state index in [1.807, 2.05) is 24.3 Å². The van der Waals surface area contributed by atoms with Gasteiger partial charge in [-0.3, -0.25) is 0 Å². The molecule has 0 aliphatic heterocycles. The van der Waals surface area contributed by atoms with Gasteiger partial charge in [0.15, 0.2) is 0 Å². The average Bonchev–Trinajstić information content (AvgIpc) is 2.75. The molecule has 1 aromatic heterocycles. The van der Waals surface area contributed by atoms with Gasteiger partial charge in [0.05, 0.1) is 5.52 Å². The van der Waals surface area contributed by atoms with Crippen molar-refractivity contribution >= 4 is 40.0 Å². The maximum absolute atomic E-state index is 6.21. The number of hydrogen-bond acceptors (Lipinski definition) is 4. The molecule has 0 aliphatic rings. The number of nitrogens with zero attached hydrogens (tertiary/aromatic N) is 3. The number of hydrogen-bond donors (Lipinski definition) is 1. The largest absolute Gasteiger partial charge is 0.370 e. The number of fused-ring (bicyclic) bond motifs is 1. The van der Waals surface area contributed by atoms with Gasteiger partial charge in [0.25, 0.3) is 0 Å². The van der Waals surface area contributed by atoms with Gasteiger partial charge < -0.3 is 10.2 Å². The summed E-state index contributed by atoms with van der Waals surface area (Å²) in [5.41, 5.74) is 4.27. The molecule has 5 heteroatoms. The van der Waals surface area contributed by atoms with Crippen molar-refractivity contribution in [3.8, 4) is 11.1 Å². The molecule has 29 heavy (non-hydrogen) atoms. The molecule has 4 nitrogen and oxygen atoms in total. The summed E-state index contributed by atoms with van der Waals surface area (Å²) in [5, 5.41) is 4.99.